The molecule has 2 fully saturated rings. The van der Waals surface area contributed by atoms with Crippen molar-refractivity contribution < 1.29 is 47.1 Å². The summed E-state index contributed by atoms with van der Waals surface area (Å²) in [5.41, 5.74) is 5.57. The molecule has 3 aromatic heterocycles. The summed E-state index contributed by atoms with van der Waals surface area (Å²) in [6.45, 7) is 1.13. The smallest absolute Gasteiger partial charge is 0.338 e. The van der Waals surface area contributed by atoms with Crippen molar-refractivity contribution in [1.29, 1.82) is 0 Å². The van der Waals surface area contributed by atoms with Gasteiger partial charge >= 0.3 is 11.7 Å². The highest BCUT2D eigenvalue weighted by Gasteiger charge is 2.50. The van der Waals surface area contributed by atoms with E-state index in [9.17, 15) is 19.2 Å². The molecule has 7 atom stereocenters. The van der Waals surface area contributed by atoms with Crippen LogP contribution < -0.4 is 32.0 Å². The van der Waals surface area contributed by atoms with Gasteiger partial charge in [0.25, 0.3) is 11.1 Å². The minimum Gasteiger partial charge on any atom is -0.497 e. The number of carbonyl (C=O) groups excluding carboxylic acids is 1. The Morgan fingerprint density at radius 1 is 0.833 bits per heavy atom. The molecule has 8 aromatic rings. The summed E-state index contributed by atoms with van der Waals surface area (Å²) in [6, 6.07) is 42.3. The van der Waals surface area contributed by atoms with E-state index in [1.54, 1.807) is 51.5 Å². The van der Waals surface area contributed by atoms with Crippen molar-refractivity contribution in [2.24, 2.45) is 0 Å². The van der Waals surface area contributed by atoms with Crippen LogP contribution in [0.4, 0.5) is 10.3 Å². The van der Waals surface area contributed by atoms with E-state index in [0.29, 0.717) is 17.1 Å². The van der Waals surface area contributed by atoms with Gasteiger partial charge in [0.2, 0.25) is 5.95 Å². The summed E-state index contributed by atoms with van der Waals surface area (Å²) in [5.74, 6) is 0.621. The predicted octanol–water partition coefficient (Wildman–Crippen LogP) is 7.06. The summed E-state index contributed by atoms with van der Waals surface area (Å²) in [7, 11) is 3.16. The van der Waals surface area contributed by atoms with Crippen molar-refractivity contribution in [3.05, 3.63) is 217 Å². The topological polar surface area (TPSA) is 224 Å². The molecule has 19 nitrogen and oxygen atoms in total. The molecule has 2 aliphatic heterocycles. The number of alkyl halides is 1. The van der Waals surface area contributed by atoms with Gasteiger partial charge in [0.15, 0.2) is 23.6 Å². The van der Waals surface area contributed by atoms with Crippen molar-refractivity contribution in [2.75, 3.05) is 38.9 Å². The van der Waals surface area contributed by atoms with Crippen molar-refractivity contribution >= 4 is 34.8 Å². The first-order valence-corrected chi connectivity index (χ1v) is 26.1. The molecule has 5 aromatic carbocycles. The van der Waals surface area contributed by atoms with Gasteiger partial charge in [-0.1, -0.05) is 103 Å². The average molecular weight is 1080 g/mol. The largest absolute Gasteiger partial charge is 0.497 e. The van der Waals surface area contributed by atoms with Gasteiger partial charge in [-0.05, 0) is 65.6 Å². The fraction of sp³-hybridized carbons (Fsp3) is 0.298. The van der Waals surface area contributed by atoms with Crippen LogP contribution in [-0.4, -0.2) is 97.7 Å². The first-order chi connectivity index (χ1) is 37.9. The minimum absolute atomic E-state index is 0.00308. The number of hydrogen-bond acceptors (Lipinski definition) is 16. The molecule has 2 saturated heterocycles. The maximum atomic E-state index is 17.5. The highest BCUT2D eigenvalue weighted by molar-refractivity contribution is 7.99. The van der Waals surface area contributed by atoms with Gasteiger partial charge in [-0.25, -0.2) is 23.5 Å². The fourth-order valence-corrected chi connectivity index (χ4v) is 10.7. The second-order valence-electron chi connectivity index (χ2n) is 18.5. The number of halogens is 1. The number of hydrogen-bond donors (Lipinski definition) is 2. The van der Waals surface area contributed by atoms with Crippen LogP contribution in [0.5, 0.6) is 11.5 Å². The third-order valence-electron chi connectivity index (χ3n) is 13.6. The Morgan fingerprint density at radius 2 is 1.46 bits per heavy atom. The Kier molecular flexibility index (Phi) is 16.3. The number of aryl methyl sites for hydroxylation is 1. The van der Waals surface area contributed by atoms with Crippen LogP contribution in [0.25, 0.3) is 11.2 Å². The van der Waals surface area contributed by atoms with Gasteiger partial charge in [0, 0.05) is 23.9 Å². The Bertz CT molecular complexity index is 3470. The van der Waals surface area contributed by atoms with Crippen LogP contribution in [-0.2, 0) is 47.4 Å². The van der Waals surface area contributed by atoms with E-state index in [1.165, 1.54) is 33.4 Å². The van der Waals surface area contributed by atoms with Crippen LogP contribution in [0, 0.1) is 6.92 Å². The normalized spacial score (nSPS) is 20.2. The molecule has 0 saturated carbocycles. The summed E-state index contributed by atoms with van der Waals surface area (Å²) >= 11 is 1.24. The standard InChI is InChI=1S/C57H56FN7O12S/c1-35-30-63(56(69)65(51(35)67)34-72-31-36-13-7-4-8-14-36)45-29-43(76-53(68)37-15-9-5-10-16-37)54(77-45)78-28-27-73-48-44(75-52(46(48)58)64-33-60-47-49(64)61-55(59)62-50(47)66)32-74-57(38-17-11-6-12-18-38,39-19-23-41(70-2)24-20-39)40-21-25-42(71-3)26-22-40/h4-26,30,33,43-46,48,52,54H,27-29,31-32,34H2,1-3H3,(H3,59,61,62,66)/t43?,44-,45?,46-,48-,52-,54?/m1/s1. The van der Waals surface area contributed by atoms with E-state index in [4.69, 9.17) is 43.6 Å². The van der Waals surface area contributed by atoms with Crippen LogP contribution in [0.3, 0.4) is 0 Å². The number of carbonyl (C=O) groups is 1. The number of nitrogen functional groups attached to an aromatic ring is 1. The third kappa shape index (κ3) is 11.1. The van der Waals surface area contributed by atoms with E-state index in [2.05, 4.69) is 15.0 Å². The molecule has 2 aliphatic rings. The molecule has 5 heterocycles. The van der Waals surface area contributed by atoms with Gasteiger partial charge in [-0.15, -0.1) is 11.8 Å². The first kappa shape index (κ1) is 53.5. The van der Waals surface area contributed by atoms with E-state index >= 15 is 4.39 Å². The van der Waals surface area contributed by atoms with Gasteiger partial charge < -0.3 is 43.6 Å². The Labute approximate surface area is 450 Å². The van der Waals surface area contributed by atoms with Gasteiger partial charge in [0.05, 0.1) is 45.9 Å². The SMILES string of the molecule is COc1ccc(C(OC[C@H]2O[C@@H](n3cnc4c(=O)[nH]c(N)nc43)[C@H](F)[C@@H]2OCCSC2OC(n3cc(C)c(=O)n(COCc4ccccc4)c3=O)CC2OC(=O)c2ccccc2)(c2ccccc2)c2ccc(OC)cc2)cc1. The van der Waals surface area contributed by atoms with Crippen LogP contribution >= 0.6 is 11.8 Å². The number of methoxy groups -OCH3 is 2. The number of aromatic amines is 1. The molecule has 404 valence electrons. The molecule has 21 heteroatoms. The zero-order valence-corrected chi connectivity index (χ0v) is 43.5. The predicted molar refractivity (Wildman–Crippen MR) is 287 cm³/mol. The zero-order chi connectivity index (χ0) is 54.3. The molecular weight excluding hydrogens is 1030 g/mol. The average Bonchev–Trinajstić information content (AvgIpc) is 4.31. The number of benzene rings is 5. The lowest BCUT2D eigenvalue weighted by atomic mass is 9.80. The Balaban J connectivity index is 0.929. The molecule has 0 amide bonds. The molecule has 0 spiro atoms. The number of nitrogens with zero attached hydrogens (tertiary/aromatic N) is 5. The molecule has 78 heavy (non-hydrogen) atoms. The van der Waals surface area contributed by atoms with Crippen molar-refractivity contribution in [2.45, 2.75) is 74.7 Å². The molecular formula is C57H56FN7O12S. The van der Waals surface area contributed by atoms with Crippen molar-refractivity contribution in [3.63, 3.8) is 0 Å². The second-order valence-corrected chi connectivity index (χ2v) is 19.7. The number of nitrogens with two attached hydrogens (primary N) is 1. The number of esters is 1. The zero-order valence-electron chi connectivity index (χ0n) is 42.7. The maximum absolute atomic E-state index is 17.5. The number of rotatable bonds is 21. The number of thioether (sulfide) groups is 1. The highest BCUT2D eigenvalue weighted by Crippen LogP contribution is 2.44. The van der Waals surface area contributed by atoms with Crippen LogP contribution in [0.1, 0.15) is 57.1 Å². The molecule has 3 unspecified atom stereocenters. The second kappa shape index (κ2) is 23.8. The number of imidazole rings is 1. The molecule has 10 rings (SSSR count). The molecule has 0 bridgehead atoms. The van der Waals surface area contributed by atoms with Gasteiger partial charge in [0.1, 0.15) is 53.8 Å². The number of fused-ring (bicyclic) bond motifs is 1. The van der Waals surface area contributed by atoms with Gasteiger partial charge in [-0.2, -0.15) is 4.98 Å². The Morgan fingerprint density at radius 3 is 2.12 bits per heavy atom. The minimum atomic E-state index is -1.88. The highest BCUT2D eigenvalue weighted by atomic mass is 32.2. The molecule has 0 aliphatic carbocycles. The van der Waals surface area contributed by atoms with E-state index in [0.717, 1.165) is 26.8 Å². The first-order valence-electron chi connectivity index (χ1n) is 25.0. The van der Waals surface area contributed by atoms with Crippen LogP contribution in [0.2, 0.25) is 0 Å². The van der Waals surface area contributed by atoms with Crippen molar-refractivity contribution in [1.82, 2.24) is 28.7 Å². The fourth-order valence-electron chi connectivity index (χ4n) is 9.73. The Hall–Kier alpha value is -7.92. The summed E-state index contributed by atoms with van der Waals surface area (Å²) < 4.78 is 70.9. The number of aromatic nitrogens is 6. The number of H-pyrrole nitrogens is 1. The van der Waals surface area contributed by atoms with Crippen LogP contribution in [0.15, 0.2) is 166 Å². The summed E-state index contributed by atoms with van der Waals surface area (Å²) in [4.78, 5) is 64.8. The van der Waals surface area contributed by atoms with Crippen molar-refractivity contribution in [3.8, 4) is 11.5 Å². The lowest BCUT2D eigenvalue weighted by Crippen LogP contribution is -2.42. The maximum Gasteiger partial charge on any atom is 0.338 e. The molecule has 3 N–H and O–H groups in total. The lowest BCUT2D eigenvalue weighted by molar-refractivity contribution is -0.102. The van der Waals surface area contributed by atoms with Gasteiger partial charge in [-0.3, -0.25) is 23.7 Å². The quantitative estimate of drug-likeness (QED) is 0.0417. The third-order valence-corrected chi connectivity index (χ3v) is 14.8. The number of anilines is 1. The summed E-state index contributed by atoms with van der Waals surface area (Å²) in [6.07, 6.45) is -4.78. The van der Waals surface area contributed by atoms with E-state index < -0.39 is 70.8 Å². The summed E-state index contributed by atoms with van der Waals surface area (Å²) in [5, 5.41) is 0. The number of nitrogens with one attached hydrogen (secondary N) is 1. The van der Waals surface area contributed by atoms with E-state index in [1.807, 2.05) is 109 Å². The molecule has 0 radical (unpaired) electrons. The van der Waals surface area contributed by atoms with E-state index in [-0.39, 0.29) is 61.4 Å². The number of ether oxygens (including phenoxy) is 8. The lowest BCUT2D eigenvalue weighted by Gasteiger charge is -2.37. The monoisotopic (exact) mass is 1080 g/mol.